The van der Waals surface area contributed by atoms with Crippen LogP contribution in [0.2, 0.25) is 0 Å². The van der Waals surface area contributed by atoms with E-state index in [-0.39, 0.29) is 35.1 Å². The van der Waals surface area contributed by atoms with Crippen LogP contribution in [0, 0.1) is 24.5 Å². The predicted octanol–water partition coefficient (Wildman–Crippen LogP) is 4.85. The first kappa shape index (κ1) is 26.3. The maximum absolute atomic E-state index is 14.8. The average molecular weight is 498 g/mol. The Morgan fingerprint density at radius 1 is 0.972 bits per heavy atom. The molecule has 5 nitrogen and oxygen atoms in total. The molecule has 2 atom stereocenters. The highest BCUT2D eigenvalue weighted by Crippen LogP contribution is 2.40. The number of piperidine rings is 1. The van der Waals surface area contributed by atoms with Gasteiger partial charge in [0.2, 0.25) is 5.91 Å². The molecular weight excluding hydrogens is 460 g/mol. The molecule has 0 bridgehead atoms. The first-order valence-electron chi connectivity index (χ1n) is 12.8. The van der Waals surface area contributed by atoms with E-state index in [1.807, 2.05) is 24.0 Å². The monoisotopic (exact) mass is 497 g/mol. The van der Waals surface area contributed by atoms with E-state index in [0.29, 0.717) is 37.3 Å². The Hall–Kier alpha value is -2.80. The van der Waals surface area contributed by atoms with Gasteiger partial charge in [-0.2, -0.15) is 0 Å². The fourth-order valence-corrected chi connectivity index (χ4v) is 5.73. The Kier molecular flexibility index (Phi) is 7.51. The zero-order valence-electron chi connectivity index (χ0n) is 21.9. The molecule has 2 aliphatic heterocycles. The molecule has 0 radical (unpaired) electrons. The normalized spacial score (nSPS) is 21.6. The Bertz CT molecular complexity index is 1140. The van der Waals surface area contributed by atoms with Crippen LogP contribution in [-0.4, -0.2) is 60.4 Å². The highest BCUT2D eigenvalue weighted by molar-refractivity contribution is 5.95. The van der Waals surface area contributed by atoms with Gasteiger partial charge < -0.3 is 10.2 Å². The van der Waals surface area contributed by atoms with Crippen LogP contribution in [0.1, 0.15) is 72.5 Å². The second-order valence-corrected chi connectivity index (χ2v) is 11.2. The summed E-state index contributed by atoms with van der Waals surface area (Å²) in [7, 11) is 1.64. The number of carbonyl (C=O) groups excluding carboxylic acids is 2. The van der Waals surface area contributed by atoms with Crippen LogP contribution in [-0.2, 0) is 4.79 Å². The van der Waals surface area contributed by atoms with Crippen molar-refractivity contribution in [2.24, 2.45) is 5.92 Å². The second kappa shape index (κ2) is 10.3. The van der Waals surface area contributed by atoms with Crippen LogP contribution in [0.4, 0.5) is 8.78 Å². The molecule has 36 heavy (non-hydrogen) atoms. The fourth-order valence-electron chi connectivity index (χ4n) is 5.73. The average Bonchev–Trinajstić information content (AvgIpc) is 3.29. The number of nitrogens with zero attached hydrogens (tertiary/aromatic N) is 2. The standard InChI is InChI=1S/C29H37F2N3O2/c1-18-6-8-22(27(35)32-5)23(14-18)19-10-12-33(13-11-19)28(36)25-17-34(29(2,3)4)16-24(25)21-9-7-20(30)15-26(21)31/h6-9,14-15,19,24-25H,10-13,16-17H2,1-5H3,(H,32,35). The molecule has 2 saturated heterocycles. The molecule has 2 heterocycles. The van der Waals surface area contributed by atoms with Gasteiger partial charge in [0.1, 0.15) is 11.6 Å². The van der Waals surface area contributed by atoms with E-state index in [4.69, 9.17) is 0 Å². The fraction of sp³-hybridized carbons (Fsp3) is 0.517. The third-order valence-electron chi connectivity index (χ3n) is 7.87. The molecule has 0 spiro atoms. The number of rotatable bonds is 4. The lowest BCUT2D eigenvalue weighted by atomic mass is 9.83. The Labute approximate surface area is 212 Å². The number of hydrogen-bond acceptors (Lipinski definition) is 3. The molecule has 1 N–H and O–H groups in total. The van der Waals surface area contributed by atoms with E-state index in [0.717, 1.165) is 30.0 Å². The van der Waals surface area contributed by atoms with Crippen LogP contribution >= 0.6 is 0 Å². The minimum absolute atomic E-state index is 0.0321. The number of benzene rings is 2. The van der Waals surface area contributed by atoms with Gasteiger partial charge >= 0.3 is 0 Å². The summed E-state index contributed by atoms with van der Waals surface area (Å²) < 4.78 is 28.4. The van der Waals surface area contributed by atoms with Gasteiger partial charge in [-0.05, 0) is 69.7 Å². The topological polar surface area (TPSA) is 52.7 Å². The number of likely N-dealkylation sites (tertiary alicyclic amines) is 2. The molecule has 2 aliphatic rings. The predicted molar refractivity (Wildman–Crippen MR) is 137 cm³/mol. The minimum atomic E-state index is -0.612. The van der Waals surface area contributed by atoms with Crippen molar-refractivity contribution >= 4 is 11.8 Å². The highest BCUT2D eigenvalue weighted by atomic mass is 19.1. The molecule has 2 unspecified atom stereocenters. The van der Waals surface area contributed by atoms with Crippen LogP contribution in [0.15, 0.2) is 36.4 Å². The quantitative estimate of drug-likeness (QED) is 0.657. The van der Waals surface area contributed by atoms with E-state index in [1.54, 1.807) is 7.05 Å². The molecule has 2 aromatic rings. The Morgan fingerprint density at radius 2 is 1.67 bits per heavy atom. The zero-order valence-corrected chi connectivity index (χ0v) is 21.9. The van der Waals surface area contributed by atoms with E-state index in [9.17, 15) is 18.4 Å². The van der Waals surface area contributed by atoms with E-state index < -0.39 is 11.6 Å². The largest absolute Gasteiger partial charge is 0.355 e. The van der Waals surface area contributed by atoms with Gasteiger partial charge in [-0.3, -0.25) is 14.5 Å². The van der Waals surface area contributed by atoms with E-state index in [2.05, 4.69) is 37.1 Å². The molecule has 0 saturated carbocycles. The Morgan fingerprint density at radius 3 is 2.28 bits per heavy atom. The summed E-state index contributed by atoms with van der Waals surface area (Å²) in [6.45, 7) is 10.6. The molecule has 4 rings (SSSR count). The molecule has 2 fully saturated rings. The van der Waals surface area contributed by atoms with Crippen LogP contribution in [0.5, 0.6) is 0 Å². The second-order valence-electron chi connectivity index (χ2n) is 11.2. The van der Waals surface area contributed by atoms with Gasteiger partial charge in [-0.1, -0.05) is 23.8 Å². The van der Waals surface area contributed by atoms with Crippen LogP contribution < -0.4 is 5.32 Å². The van der Waals surface area contributed by atoms with Crippen LogP contribution in [0.25, 0.3) is 0 Å². The summed E-state index contributed by atoms with van der Waals surface area (Å²) in [6.07, 6.45) is 1.54. The summed E-state index contributed by atoms with van der Waals surface area (Å²) >= 11 is 0. The number of halogens is 2. The van der Waals surface area contributed by atoms with Crippen molar-refractivity contribution in [2.75, 3.05) is 33.2 Å². The molecule has 194 valence electrons. The van der Waals surface area contributed by atoms with Crippen LogP contribution in [0.3, 0.4) is 0 Å². The molecule has 2 amide bonds. The summed E-state index contributed by atoms with van der Waals surface area (Å²) in [5.74, 6) is -1.78. The van der Waals surface area contributed by atoms with Gasteiger partial charge in [0, 0.05) is 56.3 Å². The summed E-state index contributed by atoms with van der Waals surface area (Å²) in [4.78, 5) is 30.3. The number of aryl methyl sites for hydroxylation is 1. The summed E-state index contributed by atoms with van der Waals surface area (Å²) in [5, 5.41) is 2.73. The van der Waals surface area contributed by atoms with Crippen molar-refractivity contribution in [1.29, 1.82) is 0 Å². The van der Waals surface area contributed by atoms with Gasteiger partial charge in [-0.25, -0.2) is 8.78 Å². The van der Waals surface area contributed by atoms with Gasteiger partial charge in [0.25, 0.3) is 5.91 Å². The molecule has 7 heteroatoms. The lowest BCUT2D eigenvalue weighted by Crippen LogP contribution is -2.44. The zero-order chi connectivity index (χ0) is 26.2. The smallest absolute Gasteiger partial charge is 0.251 e. The SMILES string of the molecule is CNC(=O)c1ccc(C)cc1C1CCN(C(=O)C2CN(C(C)(C)C)CC2c2ccc(F)cc2F)CC1. The van der Waals surface area contributed by atoms with Gasteiger partial charge in [0.15, 0.2) is 0 Å². The van der Waals surface area contributed by atoms with Crippen molar-refractivity contribution in [3.63, 3.8) is 0 Å². The van der Waals surface area contributed by atoms with Gasteiger partial charge in [-0.15, -0.1) is 0 Å². The van der Waals surface area contributed by atoms with Crippen molar-refractivity contribution in [3.8, 4) is 0 Å². The third-order valence-corrected chi connectivity index (χ3v) is 7.87. The van der Waals surface area contributed by atoms with Crippen molar-refractivity contribution in [1.82, 2.24) is 15.1 Å². The number of hydrogen-bond donors (Lipinski definition) is 1. The first-order chi connectivity index (χ1) is 17.0. The number of carbonyl (C=O) groups is 2. The molecule has 2 aromatic carbocycles. The lowest BCUT2D eigenvalue weighted by Gasteiger charge is -2.35. The van der Waals surface area contributed by atoms with E-state index in [1.165, 1.54) is 12.1 Å². The maximum atomic E-state index is 14.8. The molecule has 0 aromatic heterocycles. The lowest BCUT2D eigenvalue weighted by molar-refractivity contribution is -0.136. The number of nitrogens with one attached hydrogen (secondary N) is 1. The number of amides is 2. The Balaban J connectivity index is 1.53. The first-order valence-corrected chi connectivity index (χ1v) is 12.8. The van der Waals surface area contributed by atoms with E-state index >= 15 is 0 Å². The van der Waals surface area contributed by atoms with Gasteiger partial charge in [0.05, 0.1) is 5.92 Å². The van der Waals surface area contributed by atoms with Crippen molar-refractivity contribution in [2.45, 2.75) is 57.9 Å². The summed E-state index contributed by atoms with van der Waals surface area (Å²) in [5.41, 5.74) is 3.07. The third kappa shape index (κ3) is 5.31. The van der Waals surface area contributed by atoms with Crippen molar-refractivity contribution < 1.29 is 18.4 Å². The maximum Gasteiger partial charge on any atom is 0.251 e. The van der Waals surface area contributed by atoms with Crippen molar-refractivity contribution in [3.05, 3.63) is 70.3 Å². The highest BCUT2D eigenvalue weighted by Gasteiger charge is 2.44. The summed E-state index contributed by atoms with van der Waals surface area (Å²) in [6, 6.07) is 9.58. The molecule has 0 aliphatic carbocycles. The minimum Gasteiger partial charge on any atom is -0.355 e. The molecular formula is C29H37F2N3O2.